The summed E-state index contributed by atoms with van der Waals surface area (Å²) in [5.74, 6) is 0.779. The van der Waals surface area contributed by atoms with Gasteiger partial charge in [0.2, 0.25) is 0 Å². The standard InChI is InChI=1S/C9H13N7/c1-2-6-15(7-3-1)11-8-4-5-9-10-13-14-16(9)12-8/h4-5H,1-3,6-7H2,(H,11,12). The maximum atomic E-state index is 4.26. The number of tetrazole rings is 1. The molecule has 3 heterocycles. The molecule has 1 aliphatic rings. The highest BCUT2D eigenvalue weighted by atomic mass is 15.6. The fourth-order valence-electron chi connectivity index (χ4n) is 1.88. The van der Waals surface area contributed by atoms with Gasteiger partial charge in [-0.05, 0) is 35.4 Å². The lowest BCUT2D eigenvalue weighted by atomic mass is 10.2. The highest BCUT2D eigenvalue weighted by Gasteiger charge is 2.10. The number of aromatic nitrogens is 5. The molecule has 1 saturated heterocycles. The van der Waals surface area contributed by atoms with E-state index in [1.165, 1.54) is 23.9 Å². The van der Waals surface area contributed by atoms with Crippen LogP contribution < -0.4 is 5.43 Å². The van der Waals surface area contributed by atoms with Crippen LogP contribution in [-0.4, -0.2) is 43.4 Å². The van der Waals surface area contributed by atoms with Crippen molar-refractivity contribution in [3.63, 3.8) is 0 Å². The van der Waals surface area contributed by atoms with Crippen molar-refractivity contribution >= 4 is 11.5 Å². The van der Waals surface area contributed by atoms with E-state index in [2.05, 4.69) is 31.1 Å². The monoisotopic (exact) mass is 219 g/mol. The van der Waals surface area contributed by atoms with Crippen molar-refractivity contribution in [2.24, 2.45) is 0 Å². The molecule has 0 unspecified atom stereocenters. The molecule has 0 amide bonds. The minimum absolute atomic E-state index is 0.657. The average molecular weight is 219 g/mol. The van der Waals surface area contributed by atoms with Gasteiger partial charge in [-0.2, -0.15) is 0 Å². The van der Waals surface area contributed by atoms with Gasteiger partial charge in [-0.3, -0.25) is 0 Å². The molecule has 1 fully saturated rings. The highest BCUT2D eigenvalue weighted by Crippen LogP contribution is 2.11. The predicted molar refractivity (Wildman–Crippen MR) is 57.6 cm³/mol. The minimum Gasteiger partial charge on any atom is -0.302 e. The summed E-state index contributed by atoms with van der Waals surface area (Å²) in [6.07, 6.45) is 3.79. The Morgan fingerprint density at radius 3 is 2.88 bits per heavy atom. The lowest BCUT2D eigenvalue weighted by Crippen LogP contribution is -2.35. The Morgan fingerprint density at radius 1 is 1.12 bits per heavy atom. The molecule has 0 spiro atoms. The molecule has 0 atom stereocenters. The second-order valence-electron chi connectivity index (χ2n) is 3.90. The zero-order chi connectivity index (χ0) is 10.8. The third-order valence-electron chi connectivity index (χ3n) is 2.70. The first-order valence-corrected chi connectivity index (χ1v) is 5.49. The molecule has 2 aromatic rings. The molecule has 0 aromatic carbocycles. The molecule has 84 valence electrons. The van der Waals surface area contributed by atoms with E-state index in [9.17, 15) is 0 Å². The van der Waals surface area contributed by atoms with E-state index in [4.69, 9.17) is 0 Å². The number of rotatable bonds is 2. The molecule has 1 aliphatic heterocycles. The third kappa shape index (κ3) is 1.81. The van der Waals surface area contributed by atoms with E-state index < -0.39 is 0 Å². The Bertz CT molecular complexity index is 473. The molecule has 1 N–H and O–H groups in total. The van der Waals surface area contributed by atoms with E-state index in [-0.39, 0.29) is 0 Å². The zero-order valence-electron chi connectivity index (χ0n) is 8.87. The van der Waals surface area contributed by atoms with Crippen LogP contribution in [0.15, 0.2) is 12.1 Å². The number of piperidine rings is 1. The topological polar surface area (TPSA) is 71.2 Å². The number of hydrogen-bond donors (Lipinski definition) is 1. The second kappa shape index (κ2) is 4.01. The van der Waals surface area contributed by atoms with Crippen molar-refractivity contribution in [2.75, 3.05) is 18.5 Å². The summed E-state index contributed by atoms with van der Waals surface area (Å²) < 4.78 is 1.42. The molecule has 3 rings (SSSR count). The van der Waals surface area contributed by atoms with Gasteiger partial charge in [0, 0.05) is 13.1 Å². The maximum absolute atomic E-state index is 4.26. The number of anilines is 1. The predicted octanol–water partition coefficient (Wildman–Crippen LogP) is 0.332. The number of nitrogens with one attached hydrogen (secondary N) is 1. The van der Waals surface area contributed by atoms with E-state index in [1.54, 1.807) is 0 Å². The van der Waals surface area contributed by atoms with Gasteiger partial charge in [-0.25, -0.2) is 5.01 Å². The summed E-state index contributed by atoms with van der Waals surface area (Å²) in [6.45, 7) is 2.13. The van der Waals surface area contributed by atoms with Crippen LogP contribution in [0.25, 0.3) is 5.65 Å². The first kappa shape index (κ1) is 9.46. The van der Waals surface area contributed by atoms with Crippen LogP contribution in [0.3, 0.4) is 0 Å². The lowest BCUT2D eigenvalue weighted by molar-refractivity contribution is 0.271. The lowest BCUT2D eigenvalue weighted by Gasteiger charge is -2.26. The smallest absolute Gasteiger partial charge is 0.200 e. The summed E-state index contributed by atoms with van der Waals surface area (Å²) in [5, 5.41) is 17.6. The van der Waals surface area contributed by atoms with Crippen LogP contribution in [-0.2, 0) is 0 Å². The molecule has 0 radical (unpaired) electrons. The molecule has 7 heteroatoms. The molecule has 0 aliphatic carbocycles. The SMILES string of the molecule is c1cc2nnnn2nc1NN1CCCCC1. The molecular weight excluding hydrogens is 206 g/mol. The van der Waals surface area contributed by atoms with Gasteiger partial charge in [0.05, 0.1) is 0 Å². The third-order valence-corrected chi connectivity index (χ3v) is 2.70. The summed E-state index contributed by atoms with van der Waals surface area (Å²) in [6, 6.07) is 3.74. The Labute approximate surface area is 92.4 Å². The number of fused-ring (bicyclic) bond motifs is 1. The second-order valence-corrected chi connectivity index (χ2v) is 3.90. The van der Waals surface area contributed by atoms with Crippen LogP contribution in [0, 0.1) is 0 Å². The van der Waals surface area contributed by atoms with Crippen molar-refractivity contribution in [3.05, 3.63) is 12.1 Å². The first-order valence-electron chi connectivity index (χ1n) is 5.49. The summed E-state index contributed by atoms with van der Waals surface area (Å²) in [7, 11) is 0. The molecule has 16 heavy (non-hydrogen) atoms. The largest absolute Gasteiger partial charge is 0.302 e. The Morgan fingerprint density at radius 2 is 2.00 bits per heavy atom. The Kier molecular flexibility index (Phi) is 2.37. The van der Waals surface area contributed by atoms with Gasteiger partial charge < -0.3 is 5.43 Å². The van der Waals surface area contributed by atoms with Crippen LogP contribution in [0.4, 0.5) is 5.82 Å². The van der Waals surface area contributed by atoms with E-state index in [0.29, 0.717) is 5.65 Å². The highest BCUT2D eigenvalue weighted by molar-refractivity contribution is 5.41. The van der Waals surface area contributed by atoms with Crippen LogP contribution >= 0.6 is 0 Å². The minimum atomic E-state index is 0.657. The number of nitrogens with zero attached hydrogens (tertiary/aromatic N) is 6. The van der Waals surface area contributed by atoms with Crippen LogP contribution in [0.5, 0.6) is 0 Å². The fourth-order valence-corrected chi connectivity index (χ4v) is 1.88. The maximum Gasteiger partial charge on any atom is 0.200 e. The molecular formula is C9H13N7. The van der Waals surface area contributed by atoms with Crippen molar-refractivity contribution < 1.29 is 0 Å². The average Bonchev–Trinajstić information content (AvgIpc) is 2.77. The summed E-state index contributed by atoms with van der Waals surface area (Å²) >= 11 is 0. The van der Waals surface area contributed by atoms with Gasteiger partial charge in [-0.1, -0.05) is 6.42 Å². The van der Waals surface area contributed by atoms with Crippen LogP contribution in [0.2, 0.25) is 0 Å². The Balaban J connectivity index is 1.77. The van der Waals surface area contributed by atoms with E-state index >= 15 is 0 Å². The van der Waals surface area contributed by atoms with Crippen molar-refractivity contribution in [3.8, 4) is 0 Å². The van der Waals surface area contributed by atoms with Crippen molar-refractivity contribution in [1.29, 1.82) is 0 Å². The molecule has 7 nitrogen and oxygen atoms in total. The Hall–Kier alpha value is -1.76. The quantitative estimate of drug-likeness (QED) is 0.785. The van der Waals surface area contributed by atoms with Crippen LogP contribution in [0.1, 0.15) is 19.3 Å². The van der Waals surface area contributed by atoms with E-state index in [1.807, 2.05) is 12.1 Å². The fraction of sp³-hybridized carbons (Fsp3) is 0.556. The van der Waals surface area contributed by atoms with Crippen molar-refractivity contribution in [2.45, 2.75) is 19.3 Å². The van der Waals surface area contributed by atoms with Gasteiger partial charge >= 0.3 is 0 Å². The van der Waals surface area contributed by atoms with Gasteiger partial charge in [-0.15, -0.1) is 14.8 Å². The summed E-state index contributed by atoms with van der Waals surface area (Å²) in [5.41, 5.74) is 3.93. The van der Waals surface area contributed by atoms with Gasteiger partial charge in [0.15, 0.2) is 11.5 Å². The molecule has 0 saturated carbocycles. The van der Waals surface area contributed by atoms with E-state index in [0.717, 1.165) is 18.9 Å². The molecule has 0 bridgehead atoms. The van der Waals surface area contributed by atoms with Gasteiger partial charge in [0.1, 0.15) is 0 Å². The molecule has 2 aromatic heterocycles. The van der Waals surface area contributed by atoms with Gasteiger partial charge in [0.25, 0.3) is 0 Å². The normalized spacial score (nSPS) is 17.8. The van der Waals surface area contributed by atoms with Crippen molar-refractivity contribution in [1.82, 2.24) is 30.3 Å². The zero-order valence-corrected chi connectivity index (χ0v) is 8.87. The number of hydrogen-bond acceptors (Lipinski definition) is 6. The first-order chi connectivity index (χ1) is 7.92. The number of hydrazine groups is 1. The summed E-state index contributed by atoms with van der Waals surface area (Å²) in [4.78, 5) is 0.